The van der Waals surface area contributed by atoms with Crippen LogP contribution in [0.4, 0.5) is 0 Å². The SMILES string of the molecule is Clc1ccc(CCC2(B3OC4CCCC3CCC4)OC3COC(c4ccccc4)OC3C(OCc3ccccc3)C2OCc2ccccc2)cc1. The summed E-state index contributed by atoms with van der Waals surface area (Å²) in [6.45, 7) is 1.05. The van der Waals surface area contributed by atoms with Gasteiger partial charge in [-0.3, -0.25) is 0 Å². The molecule has 0 saturated carbocycles. The van der Waals surface area contributed by atoms with Gasteiger partial charge in [0.1, 0.15) is 29.9 Å². The molecule has 8 rings (SSSR count). The second kappa shape index (κ2) is 16.3. The maximum Gasteiger partial charge on any atom is 0.332 e. The summed E-state index contributed by atoms with van der Waals surface area (Å²) in [4.78, 5) is 0. The largest absolute Gasteiger partial charge is 0.430 e. The second-order valence-electron chi connectivity index (χ2n) is 14.7. The number of hydrogen-bond donors (Lipinski definition) is 0. The van der Waals surface area contributed by atoms with Gasteiger partial charge in [-0.1, -0.05) is 140 Å². The Labute approximate surface area is 307 Å². The highest BCUT2D eigenvalue weighted by molar-refractivity contribution is 6.57. The number of benzene rings is 4. The minimum Gasteiger partial charge on any atom is -0.430 e. The molecule has 2 bridgehead atoms. The van der Waals surface area contributed by atoms with Crippen LogP contribution in [0.2, 0.25) is 10.8 Å². The average molecular weight is 707 g/mol. The van der Waals surface area contributed by atoms with E-state index in [0.29, 0.717) is 32.1 Å². The van der Waals surface area contributed by atoms with Crippen molar-refractivity contribution in [3.05, 3.63) is 143 Å². The molecule has 266 valence electrons. The third kappa shape index (κ3) is 8.01. The highest BCUT2D eigenvalue weighted by Gasteiger charge is 2.65. The minimum absolute atomic E-state index is 0.170. The number of fused-ring (bicyclic) bond motifs is 4. The van der Waals surface area contributed by atoms with Crippen molar-refractivity contribution in [2.24, 2.45) is 0 Å². The van der Waals surface area contributed by atoms with Crippen LogP contribution in [0.5, 0.6) is 0 Å². The number of aryl methyl sites for hydroxylation is 1. The molecule has 4 saturated heterocycles. The zero-order valence-electron chi connectivity index (χ0n) is 29.2. The monoisotopic (exact) mass is 706 g/mol. The molecular formula is C43H48BClO6. The molecule has 51 heavy (non-hydrogen) atoms. The van der Waals surface area contributed by atoms with Gasteiger partial charge in [0.05, 0.1) is 19.8 Å². The summed E-state index contributed by atoms with van der Waals surface area (Å²) < 4.78 is 42.6. The van der Waals surface area contributed by atoms with Gasteiger partial charge in [-0.05, 0) is 60.3 Å². The van der Waals surface area contributed by atoms with E-state index in [0.717, 1.165) is 53.8 Å². The normalized spacial score (nSPS) is 30.7. The predicted octanol–water partition coefficient (Wildman–Crippen LogP) is 9.35. The highest BCUT2D eigenvalue weighted by atomic mass is 35.5. The van der Waals surface area contributed by atoms with Crippen LogP contribution in [0.25, 0.3) is 0 Å². The maximum atomic E-state index is 7.59. The summed E-state index contributed by atoms with van der Waals surface area (Å²) in [5.74, 6) is 0.347. The molecule has 4 fully saturated rings. The number of halogens is 1. The van der Waals surface area contributed by atoms with E-state index in [1.165, 1.54) is 18.4 Å². The summed E-state index contributed by atoms with van der Waals surface area (Å²) in [5.41, 5.74) is 3.54. The quantitative estimate of drug-likeness (QED) is 0.145. The van der Waals surface area contributed by atoms with Crippen LogP contribution in [0.1, 0.15) is 73.5 Å². The summed E-state index contributed by atoms with van der Waals surface area (Å²) in [7, 11) is 0. The molecule has 4 heterocycles. The molecule has 4 aromatic carbocycles. The molecule has 4 aromatic rings. The number of hydrogen-bond acceptors (Lipinski definition) is 6. The topological polar surface area (TPSA) is 55.4 Å². The van der Waals surface area contributed by atoms with Gasteiger partial charge in [-0.25, -0.2) is 0 Å². The highest BCUT2D eigenvalue weighted by Crippen LogP contribution is 2.50. The van der Waals surface area contributed by atoms with Crippen molar-refractivity contribution in [1.29, 1.82) is 0 Å². The molecular weight excluding hydrogens is 659 g/mol. The Kier molecular flexibility index (Phi) is 11.2. The fourth-order valence-electron chi connectivity index (χ4n) is 8.80. The average Bonchev–Trinajstić information content (AvgIpc) is 3.52. The van der Waals surface area contributed by atoms with Crippen molar-refractivity contribution in [3.8, 4) is 0 Å². The van der Waals surface area contributed by atoms with Crippen LogP contribution in [0, 0.1) is 0 Å². The van der Waals surface area contributed by atoms with Gasteiger partial charge in [-0.15, -0.1) is 0 Å². The molecule has 0 N–H and O–H groups in total. The first kappa shape index (κ1) is 35.0. The molecule has 6 nitrogen and oxygen atoms in total. The van der Waals surface area contributed by atoms with E-state index in [-0.39, 0.29) is 19.1 Å². The van der Waals surface area contributed by atoms with Crippen molar-refractivity contribution >= 4 is 18.5 Å². The fourth-order valence-corrected chi connectivity index (χ4v) is 8.93. The Morgan fingerprint density at radius 1 is 0.706 bits per heavy atom. The van der Waals surface area contributed by atoms with E-state index in [4.69, 9.17) is 39.9 Å². The third-order valence-corrected chi connectivity index (χ3v) is 11.6. The fraction of sp³-hybridized carbons (Fsp3) is 0.442. The Morgan fingerprint density at radius 2 is 1.33 bits per heavy atom. The zero-order chi connectivity index (χ0) is 34.5. The van der Waals surface area contributed by atoms with Crippen molar-refractivity contribution < 1.29 is 28.3 Å². The molecule has 4 aliphatic heterocycles. The van der Waals surface area contributed by atoms with Gasteiger partial charge in [-0.2, -0.15) is 0 Å². The van der Waals surface area contributed by atoms with Crippen LogP contribution < -0.4 is 0 Å². The molecule has 0 aliphatic carbocycles. The standard InChI is InChI=1S/C43H48BClO6/c45-36-24-22-31(23-25-36)26-27-43(44-35-18-10-20-37(51-44)21-11-19-35)41(47-29-33-14-6-2-7-15-33)40(46-28-32-12-4-1-5-13-32)39-38(50-43)30-48-42(49-39)34-16-8-3-9-17-34/h1-9,12-17,22-25,35,37-42H,10-11,18-21,26-30H2. The smallest absolute Gasteiger partial charge is 0.332 e. The molecule has 6 atom stereocenters. The summed E-state index contributed by atoms with van der Waals surface area (Å²) in [6, 6.07) is 39.1. The number of rotatable bonds is 11. The van der Waals surface area contributed by atoms with Crippen LogP contribution in [0.3, 0.4) is 0 Å². The van der Waals surface area contributed by atoms with E-state index in [1.807, 2.05) is 54.6 Å². The van der Waals surface area contributed by atoms with E-state index in [9.17, 15) is 0 Å². The van der Waals surface area contributed by atoms with Gasteiger partial charge in [0.15, 0.2) is 6.29 Å². The zero-order valence-corrected chi connectivity index (χ0v) is 30.0. The molecule has 0 radical (unpaired) electrons. The van der Waals surface area contributed by atoms with Crippen LogP contribution >= 0.6 is 11.6 Å². The summed E-state index contributed by atoms with van der Waals surface area (Å²) in [6.07, 6.45) is 6.11. The van der Waals surface area contributed by atoms with Crippen LogP contribution in [0.15, 0.2) is 115 Å². The van der Waals surface area contributed by atoms with Crippen molar-refractivity contribution in [2.75, 3.05) is 6.61 Å². The molecule has 0 amide bonds. The molecule has 0 spiro atoms. The van der Waals surface area contributed by atoms with Crippen molar-refractivity contribution in [2.45, 2.75) is 113 Å². The van der Waals surface area contributed by atoms with Gasteiger partial charge in [0.2, 0.25) is 0 Å². The lowest BCUT2D eigenvalue weighted by Crippen LogP contribution is -2.74. The van der Waals surface area contributed by atoms with Gasteiger partial charge in [0, 0.05) is 16.7 Å². The predicted molar refractivity (Wildman–Crippen MR) is 200 cm³/mol. The lowest BCUT2D eigenvalue weighted by molar-refractivity contribution is -0.351. The first-order valence-corrected chi connectivity index (χ1v) is 19.2. The van der Waals surface area contributed by atoms with Crippen molar-refractivity contribution in [1.82, 2.24) is 0 Å². The maximum absolute atomic E-state index is 7.59. The Balaban J connectivity index is 1.23. The van der Waals surface area contributed by atoms with Crippen LogP contribution in [-0.4, -0.2) is 49.5 Å². The lowest BCUT2D eigenvalue weighted by Gasteiger charge is -2.57. The Bertz CT molecular complexity index is 1650. The first-order valence-electron chi connectivity index (χ1n) is 18.9. The van der Waals surface area contributed by atoms with E-state index >= 15 is 0 Å². The molecule has 4 aliphatic rings. The third-order valence-electron chi connectivity index (χ3n) is 11.3. The van der Waals surface area contributed by atoms with Crippen molar-refractivity contribution in [3.63, 3.8) is 0 Å². The van der Waals surface area contributed by atoms with Gasteiger partial charge in [0.25, 0.3) is 0 Å². The first-order chi connectivity index (χ1) is 25.1. The van der Waals surface area contributed by atoms with Gasteiger partial charge < -0.3 is 28.3 Å². The van der Waals surface area contributed by atoms with E-state index in [1.54, 1.807) is 0 Å². The molecule has 6 unspecified atom stereocenters. The number of ether oxygens (including phenoxy) is 5. The Hall–Kier alpha value is -3.01. The summed E-state index contributed by atoms with van der Waals surface area (Å²) >= 11 is 6.34. The van der Waals surface area contributed by atoms with E-state index < -0.39 is 30.1 Å². The Morgan fingerprint density at radius 3 is 2.00 bits per heavy atom. The van der Waals surface area contributed by atoms with Gasteiger partial charge >= 0.3 is 6.92 Å². The van der Waals surface area contributed by atoms with E-state index in [2.05, 4.69) is 60.7 Å². The van der Waals surface area contributed by atoms with Crippen LogP contribution in [-0.2, 0) is 48.0 Å². The summed E-state index contributed by atoms with van der Waals surface area (Å²) in [5, 5.41) is 0.731. The molecule has 0 aromatic heterocycles. The lowest BCUT2D eigenvalue weighted by atomic mass is 9.39. The minimum atomic E-state index is -0.833. The molecule has 8 heteroatoms. The second-order valence-corrected chi connectivity index (χ2v) is 15.1.